The number of rotatable bonds is 2. The van der Waals surface area contributed by atoms with Crippen molar-refractivity contribution in [3.05, 3.63) is 36.0 Å². The molecule has 1 amide bonds. The molecule has 1 aliphatic rings. The summed E-state index contributed by atoms with van der Waals surface area (Å²) < 4.78 is 39.2. The van der Waals surface area contributed by atoms with Crippen LogP contribution in [-0.2, 0) is 6.18 Å². The number of anilines is 1. The third-order valence-electron chi connectivity index (χ3n) is 4.00. The number of aromatic nitrogens is 4. The van der Waals surface area contributed by atoms with Gasteiger partial charge in [-0.2, -0.15) is 18.3 Å². The van der Waals surface area contributed by atoms with E-state index >= 15 is 0 Å². The normalized spacial score (nSPS) is 16.4. The number of nitrogen functional groups attached to an aromatic ring is 1. The second-order valence-electron chi connectivity index (χ2n) is 5.52. The molecule has 10 heteroatoms. The summed E-state index contributed by atoms with van der Waals surface area (Å²) in [5.74, 6) is -0.165. The molecule has 0 unspecified atom stereocenters. The topological polar surface area (TPSA) is 89.9 Å². The van der Waals surface area contributed by atoms with Gasteiger partial charge in [0.2, 0.25) is 0 Å². The highest BCUT2D eigenvalue weighted by molar-refractivity contribution is 5.97. The molecule has 0 saturated carbocycles. The molecule has 0 radical (unpaired) electrons. The zero-order valence-electron chi connectivity index (χ0n) is 12.6. The van der Waals surface area contributed by atoms with Crippen molar-refractivity contribution < 1.29 is 18.0 Å². The molecule has 2 aromatic heterocycles. The number of nitrogens with zero attached hydrogens (tertiary/aromatic N) is 5. The Kier molecular flexibility index (Phi) is 4.12. The molecule has 1 saturated heterocycles. The lowest BCUT2D eigenvalue weighted by molar-refractivity contribution is -0.141. The lowest BCUT2D eigenvalue weighted by atomic mass is 10.0. The SMILES string of the molecule is Nc1ncncc1C(=O)N1CCC(n2ccc(C(F)(F)F)n2)CC1. The van der Waals surface area contributed by atoms with E-state index in [2.05, 4.69) is 15.1 Å². The third-order valence-corrected chi connectivity index (χ3v) is 4.00. The minimum atomic E-state index is -4.45. The molecule has 0 aliphatic carbocycles. The molecule has 0 bridgehead atoms. The summed E-state index contributed by atoms with van der Waals surface area (Å²) in [7, 11) is 0. The van der Waals surface area contributed by atoms with E-state index in [1.165, 1.54) is 23.4 Å². The van der Waals surface area contributed by atoms with Crippen molar-refractivity contribution in [2.24, 2.45) is 0 Å². The summed E-state index contributed by atoms with van der Waals surface area (Å²) in [5.41, 5.74) is 4.99. The Hall–Kier alpha value is -2.65. The third kappa shape index (κ3) is 3.17. The van der Waals surface area contributed by atoms with Crippen LogP contribution in [0, 0.1) is 0 Å². The van der Waals surface area contributed by atoms with Crippen LogP contribution in [0.4, 0.5) is 19.0 Å². The van der Waals surface area contributed by atoms with Crippen molar-refractivity contribution in [3.63, 3.8) is 0 Å². The maximum absolute atomic E-state index is 12.6. The van der Waals surface area contributed by atoms with Crippen molar-refractivity contribution in [1.82, 2.24) is 24.6 Å². The van der Waals surface area contributed by atoms with Crippen LogP contribution in [0.1, 0.15) is 34.9 Å². The molecule has 3 heterocycles. The lowest BCUT2D eigenvalue weighted by Gasteiger charge is -2.32. The van der Waals surface area contributed by atoms with Gasteiger partial charge in [0.05, 0.1) is 11.6 Å². The summed E-state index contributed by atoms with van der Waals surface area (Å²) in [5, 5.41) is 3.60. The molecule has 0 spiro atoms. The van der Waals surface area contributed by atoms with Gasteiger partial charge in [-0.15, -0.1) is 0 Å². The molecular formula is C14H15F3N6O. The van der Waals surface area contributed by atoms with Crippen LogP contribution in [0.15, 0.2) is 24.8 Å². The Bertz CT molecular complexity index is 736. The number of nitrogens with two attached hydrogens (primary N) is 1. The van der Waals surface area contributed by atoms with Crippen molar-refractivity contribution in [3.8, 4) is 0 Å². The predicted molar refractivity (Wildman–Crippen MR) is 77.8 cm³/mol. The Labute approximate surface area is 135 Å². The van der Waals surface area contributed by atoms with Crippen molar-refractivity contribution in [1.29, 1.82) is 0 Å². The van der Waals surface area contributed by atoms with Crippen molar-refractivity contribution in [2.45, 2.75) is 25.1 Å². The average Bonchev–Trinajstić information content (AvgIpc) is 3.05. The standard InChI is InChI=1S/C14H15F3N6O/c15-14(16,17)11-3-6-23(21-11)9-1-4-22(5-2-9)13(24)10-7-19-8-20-12(10)18/h3,6-9H,1-2,4-5H2,(H2,18,19,20). The average molecular weight is 340 g/mol. The maximum Gasteiger partial charge on any atom is 0.435 e. The van der Waals surface area contributed by atoms with Gasteiger partial charge in [-0.1, -0.05) is 0 Å². The molecule has 128 valence electrons. The number of halogens is 3. The number of hydrogen-bond donors (Lipinski definition) is 1. The van der Waals surface area contributed by atoms with Crippen LogP contribution in [0.3, 0.4) is 0 Å². The molecule has 2 N–H and O–H groups in total. The fraction of sp³-hybridized carbons (Fsp3) is 0.429. The van der Waals surface area contributed by atoms with Crippen molar-refractivity contribution in [2.75, 3.05) is 18.8 Å². The highest BCUT2D eigenvalue weighted by Gasteiger charge is 2.34. The van der Waals surface area contributed by atoms with Gasteiger partial charge in [-0.3, -0.25) is 9.48 Å². The second kappa shape index (κ2) is 6.10. The second-order valence-corrected chi connectivity index (χ2v) is 5.52. The fourth-order valence-corrected chi connectivity index (χ4v) is 2.70. The summed E-state index contributed by atoms with van der Waals surface area (Å²) in [4.78, 5) is 21.6. The van der Waals surface area contributed by atoms with Gasteiger partial charge in [-0.25, -0.2) is 9.97 Å². The summed E-state index contributed by atoms with van der Waals surface area (Å²) in [6, 6.07) is 0.786. The summed E-state index contributed by atoms with van der Waals surface area (Å²) in [6.07, 6.45) is 0.519. The van der Waals surface area contributed by atoms with Crippen LogP contribution in [0.25, 0.3) is 0 Å². The predicted octanol–water partition coefficient (Wildman–Crippen LogP) is 1.75. The fourth-order valence-electron chi connectivity index (χ4n) is 2.70. The van der Waals surface area contributed by atoms with Crippen LogP contribution in [0.2, 0.25) is 0 Å². The molecule has 0 atom stereocenters. The first-order valence-electron chi connectivity index (χ1n) is 7.33. The first kappa shape index (κ1) is 16.2. The number of alkyl halides is 3. The lowest BCUT2D eigenvalue weighted by Crippen LogP contribution is -2.39. The van der Waals surface area contributed by atoms with Crippen LogP contribution in [0.5, 0.6) is 0 Å². The Balaban J connectivity index is 1.65. The highest BCUT2D eigenvalue weighted by Crippen LogP contribution is 2.30. The van der Waals surface area contributed by atoms with E-state index < -0.39 is 11.9 Å². The van der Waals surface area contributed by atoms with E-state index in [0.29, 0.717) is 25.9 Å². The monoisotopic (exact) mass is 340 g/mol. The van der Waals surface area contributed by atoms with E-state index in [1.807, 2.05) is 0 Å². The van der Waals surface area contributed by atoms with Gasteiger partial charge in [0, 0.05) is 25.5 Å². The van der Waals surface area contributed by atoms with Crippen LogP contribution < -0.4 is 5.73 Å². The van der Waals surface area contributed by atoms with Gasteiger partial charge >= 0.3 is 6.18 Å². The highest BCUT2D eigenvalue weighted by atomic mass is 19.4. The summed E-state index contributed by atoms with van der Waals surface area (Å²) >= 11 is 0. The first-order valence-corrected chi connectivity index (χ1v) is 7.33. The number of piperidine rings is 1. The quantitative estimate of drug-likeness (QED) is 0.899. The Morgan fingerprint density at radius 2 is 2.00 bits per heavy atom. The molecule has 3 rings (SSSR count). The van der Waals surface area contributed by atoms with Crippen LogP contribution in [-0.4, -0.2) is 43.6 Å². The molecule has 24 heavy (non-hydrogen) atoms. The van der Waals surface area contributed by atoms with Gasteiger partial charge in [0.25, 0.3) is 5.91 Å². The van der Waals surface area contributed by atoms with E-state index in [4.69, 9.17) is 5.73 Å². The van der Waals surface area contributed by atoms with E-state index in [1.54, 1.807) is 4.90 Å². The van der Waals surface area contributed by atoms with Crippen molar-refractivity contribution >= 4 is 11.7 Å². The molecular weight excluding hydrogens is 325 g/mol. The summed E-state index contributed by atoms with van der Waals surface area (Å²) in [6.45, 7) is 0.804. The molecule has 2 aromatic rings. The van der Waals surface area contributed by atoms with E-state index in [0.717, 1.165) is 6.07 Å². The number of amides is 1. The molecule has 0 aromatic carbocycles. The smallest absolute Gasteiger partial charge is 0.383 e. The Morgan fingerprint density at radius 1 is 1.29 bits per heavy atom. The minimum absolute atomic E-state index is 0.110. The van der Waals surface area contributed by atoms with Gasteiger partial charge in [0.1, 0.15) is 12.1 Å². The Morgan fingerprint density at radius 3 is 2.58 bits per heavy atom. The maximum atomic E-state index is 12.6. The van der Waals surface area contributed by atoms with E-state index in [-0.39, 0.29) is 23.3 Å². The minimum Gasteiger partial charge on any atom is -0.383 e. The zero-order chi connectivity index (χ0) is 17.3. The van der Waals surface area contributed by atoms with Gasteiger partial charge in [-0.05, 0) is 18.9 Å². The molecule has 7 nitrogen and oxygen atoms in total. The number of carbonyl (C=O) groups is 1. The first-order chi connectivity index (χ1) is 11.4. The van der Waals surface area contributed by atoms with E-state index in [9.17, 15) is 18.0 Å². The van der Waals surface area contributed by atoms with Gasteiger partial charge < -0.3 is 10.6 Å². The molecule has 1 fully saturated rings. The largest absolute Gasteiger partial charge is 0.435 e. The number of likely N-dealkylation sites (tertiary alicyclic amines) is 1. The van der Waals surface area contributed by atoms with Gasteiger partial charge in [0.15, 0.2) is 5.69 Å². The number of hydrogen-bond acceptors (Lipinski definition) is 5. The zero-order valence-corrected chi connectivity index (χ0v) is 12.6. The molecule has 1 aliphatic heterocycles. The van der Waals surface area contributed by atoms with Crippen LogP contribution >= 0.6 is 0 Å². The number of carbonyl (C=O) groups excluding carboxylic acids is 1.